The van der Waals surface area contributed by atoms with E-state index in [0.29, 0.717) is 0 Å². The monoisotopic (exact) mass is 349 g/mol. The van der Waals surface area contributed by atoms with Crippen LogP contribution in [0.1, 0.15) is 11.3 Å². The van der Waals surface area contributed by atoms with Gasteiger partial charge in [-0.25, -0.2) is 4.68 Å². The van der Waals surface area contributed by atoms with Gasteiger partial charge in [0.05, 0.1) is 29.6 Å². The van der Waals surface area contributed by atoms with Crippen LogP contribution in [0.4, 0.5) is 13.2 Å². The number of hydrogen-bond acceptors (Lipinski definition) is 3. The van der Waals surface area contributed by atoms with Crippen LogP contribution in [0.5, 0.6) is 0 Å². The Kier molecular flexibility index (Phi) is 3.80. The van der Waals surface area contributed by atoms with Gasteiger partial charge in [-0.3, -0.25) is 4.79 Å². The van der Waals surface area contributed by atoms with Gasteiger partial charge in [0.1, 0.15) is 0 Å². The highest BCUT2D eigenvalue weighted by molar-refractivity contribution is 9.10. The van der Waals surface area contributed by atoms with Gasteiger partial charge in [-0.1, -0.05) is 21.1 Å². The first kappa shape index (κ1) is 14.5. The van der Waals surface area contributed by atoms with E-state index in [1.165, 1.54) is 12.1 Å². The summed E-state index contributed by atoms with van der Waals surface area (Å²) in [7, 11) is 0. The minimum atomic E-state index is -4.59. The SMILES string of the molecule is O=C(O)Cc1cnnn1-c1ccc(Br)cc1C(F)(F)F. The Labute approximate surface area is 119 Å². The molecule has 0 aliphatic rings. The van der Waals surface area contributed by atoms with Gasteiger partial charge in [0.2, 0.25) is 0 Å². The molecule has 1 aromatic heterocycles. The maximum absolute atomic E-state index is 13.0. The summed E-state index contributed by atoms with van der Waals surface area (Å²) in [6.07, 6.45) is -3.94. The van der Waals surface area contributed by atoms with E-state index in [4.69, 9.17) is 5.11 Å². The fraction of sp³-hybridized carbons (Fsp3) is 0.182. The summed E-state index contributed by atoms with van der Waals surface area (Å²) in [5.74, 6) is -1.18. The minimum Gasteiger partial charge on any atom is -0.481 e. The number of hydrogen-bond donors (Lipinski definition) is 1. The predicted octanol–water partition coefficient (Wildman–Crippen LogP) is 2.68. The third-order valence-electron chi connectivity index (χ3n) is 2.44. The minimum absolute atomic E-state index is 0.0605. The van der Waals surface area contributed by atoms with Crippen molar-refractivity contribution in [2.45, 2.75) is 12.6 Å². The number of aliphatic carboxylic acids is 1. The lowest BCUT2D eigenvalue weighted by atomic mass is 10.1. The molecule has 0 aliphatic carbocycles. The predicted molar refractivity (Wildman–Crippen MR) is 65.4 cm³/mol. The lowest BCUT2D eigenvalue weighted by Crippen LogP contribution is -2.14. The van der Waals surface area contributed by atoms with Gasteiger partial charge in [0.15, 0.2) is 0 Å². The van der Waals surface area contributed by atoms with Crippen molar-refractivity contribution in [2.75, 3.05) is 0 Å². The van der Waals surface area contributed by atoms with Crippen LogP contribution in [0, 0.1) is 0 Å². The topological polar surface area (TPSA) is 68.0 Å². The second-order valence-electron chi connectivity index (χ2n) is 3.87. The zero-order valence-corrected chi connectivity index (χ0v) is 11.3. The fourth-order valence-electron chi connectivity index (χ4n) is 1.65. The van der Waals surface area contributed by atoms with E-state index >= 15 is 0 Å². The maximum Gasteiger partial charge on any atom is 0.418 e. The molecule has 2 rings (SSSR count). The van der Waals surface area contributed by atoms with Gasteiger partial charge in [0, 0.05) is 4.47 Å². The fourth-order valence-corrected chi connectivity index (χ4v) is 2.02. The molecule has 0 unspecified atom stereocenters. The number of rotatable bonds is 3. The molecule has 0 bridgehead atoms. The highest BCUT2D eigenvalue weighted by Gasteiger charge is 2.35. The van der Waals surface area contributed by atoms with E-state index in [9.17, 15) is 18.0 Å². The molecule has 0 atom stereocenters. The summed E-state index contributed by atoms with van der Waals surface area (Å²) in [6.45, 7) is 0. The quantitative estimate of drug-likeness (QED) is 0.924. The molecule has 0 fully saturated rings. The zero-order valence-electron chi connectivity index (χ0n) is 9.73. The number of nitrogens with zero attached hydrogens (tertiary/aromatic N) is 3. The summed E-state index contributed by atoms with van der Waals surface area (Å²) in [5.41, 5.74) is -1.14. The first-order chi connectivity index (χ1) is 9.29. The molecule has 5 nitrogen and oxygen atoms in total. The van der Waals surface area contributed by atoms with Crippen molar-refractivity contribution in [3.8, 4) is 5.69 Å². The van der Waals surface area contributed by atoms with Crippen LogP contribution in [0.25, 0.3) is 5.69 Å². The number of carboxylic acid groups (broad SMARTS) is 1. The summed E-state index contributed by atoms with van der Waals surface area (Å²) < 4.78 is 40.2. The molecule has 20 heavy (non-hydrogen) atoms. The van der Waals surface area contributed by atoms with Gasteiger partial charge in [-0.05, 0) is 18.2 Å². The number of carbonyl (C=O) groups is 1. The molecule has 0 saturated carbocycles. The Morgan fingerprint density at radius 2 is 2.10 bits per heavy atom. The van der Waals surface area contributed by atoms with Crippen LogP contribution in [0.2, 0.25) is 0 Å². The van der Waals surface area contributed by atoms with Crippen molar-refractivity contribution in [3.63, 3.8) is 0 Å². The Morgan fingerprint density at radius 1 is 1.40 bits per heavy atom. The molecule has 1 N–H and O–H groups in total. The largest absolute Gasteiger partial charge is 0.481 e. The van der Waals surface area contributed by atoms with E-state index in [2.05, 4.69) is 26.2 Å². The standard InChI is InChI=1S/C11H7BrF3N3O2/c12-6-1-2-9(8(3-6)11(13,14)15)18-7(4-10(19)20)5-16-17-18/h1-3,5H,4H2,(H,19,20). The molecular formula is C11H7BrF3N3O2. The van der Waals surface area contributed by atoms with Crippen LogP contribution < -0.4 is 0 Å². The molecule has 0 radical (unpaired) electrons. The van der Waals surface area contributed by atoms with E-state index < -0.39 is 24.1 Å². The number of alkyl halides is 3. The maximum atomic E-state index is 13.0. The molecule has 9 heteroatoms. The average molecular weight is 350 g/mol. The molecule has 1 heterocycles. The molecule has 0 spiro atoms. The Morgan fingerprint density at radius 3 is 2.70 bits per heavy atom. The van der Waals surface area contributed by atoms with Crippen molar-refractivity contribution < 1.29 is 23.1 Å². The first-order valence-electron chi connectivity index (χ1n) is 5.27. The summed E-state index contributed by atoms with van der Waals surface area (Å²) in [4.78, 5) is 10.7. The molecule has 0 amide bonds. The van der Waals surface area contributed by atoms with E-state index in [1.54, 1.807) is 0 Å². The van der Waals surface area contributed by atoms with Crippen molar-refractivity contribution in [2.24, 2.45) is 0 Å². The molecule has 0 aliphatic heterocycles. The second kappa shape index (κ2) is 5.23. The Hall–Kier alpha value is -1.90. The van der Waals surface area contributed by atoms with Gasteiger partial charge in [-0.2, -0.15) is 13.2 Å². The summed E-state index contributed by atoms with van der Waals surface area (Å²) in [5, 5.41) is 15.7. The highest BCUT2D eigenvalue weighted by atomic mass is 79.9. The number of benzene rings is 1. The van der Waals surface area contributed by atoms with Crippen LogP contribution in [-0.4, -0.2) is 26.1 Å². The summed E-state index contributed by atoms with van der Waals surface area (Å²) in [6, 6.07) is 3.52. The zero-order chi connectivity index (χ0) is 14.9. The first-order valence-corrected chi connectivity index (χ1v) is 6.07. The smallest absolute Gasteiger partial charge is 0.418 e. The normalized spacial score (nSPS) is 11.6. The van der Waals surface area contributed by atoms with Crippen LogP contribution >= 0.6 is 15.9 Å². The van der Waals surface area contributed by atoms with Gasteiger partial charge in [0.25, 0.3) is 0 Å². The van der Waals surface area contributed by atoms with Crippen LogP contribution in [-0.2, 0) is 17.4 Å². The Balaban J connectivity index is 2.59. The average Bonchev–Trinajstić information content (AvgIpc) is 2.75. The van der Waals surface area contributed by atoms with E-state index in [-0.39, 0.29) is 15.9 Å². The molecule has 2 aromatic rings. The van der Waals surface area contributed by atoms with Gasteiger partial charge < -0.3 is 5.11 Å². The third-order valence-corrected chi connectivity index (χ3v) is 2.94. The Bertz CT molecular complexity index is 655. The van der Waals surface area contributed by atoms with Gasteiger partial charge in [-0.15, -0.1) is 5.10 Å². The van der Waals surface area contributed by atoms with Crippen molar-refractivity contribution in [1.29, 1.82) is 0 Å². The van der Waals surface area contributed by atoms with Crippen molar-refractivity contribution >= 4 is 21.9 Å². The lowest BCUT2D eigenvalue weighted by molar-refractivity contribution is -0.137. The van der Waals surface area contributed by atoms with Crippen molar-refractivity contribution in [3.05, 3.63) is 40.1 Å². The highest BCUT2D eigenvalue weighted by Crippen LogP contribution is 2.35. The van der Waals surface area contributed by atoms with Crippen molar-refractivity contribution in [1.82, 2.24) is 15.0 Å². The summed E-state index contributed by atoms with van der Waals surface area (Å²) >= 11 is 2.97. The van der Waals surface area contributed by atoms with E-state index in [1.807, 2.05) is 0 Å². The molecular weight excluding hydrogens is 343 g/mol. The van der Waals surface area contributed by atoms with E-state index in [0.717, 1.165) is 16.9 Å². The van der Waals surface area contributed by atoms with Crippen LogP contribution in [0.15, 0.2) is 28.9 Å². The molecule has 1 aromatic carbocycles. The molecule has 0 saturated heterocycles. The number of aromatic nitrogens is 3. The second-order valence-corrected chi connectivity index (χ2v) is 4.78. The number of halogens is 4. The third kappa shape index (κ3) is 2.98. The lowest BCUT2D eigenvalue weighted by Gasteiger charge is -2.14. The van der Waals surface area contributed by atoms with Gasteiger partial charge >= 0.3 is 12.1 Å². The number of carboxylic acids is 1. The van der Waals surface area contributed by atoms with Crippen LogP contribution in [0.3, 0.4) is 0 Å². The molecule has 106 valence electrons.